The van der Waals surface area contributed by atoms with Gasteiger partial charge in [0.05, 0.1) is 19.6 Å². The molecule has 0 saturated heterocycles. The van der Waals surface area contributed by atoms with Crippen molar-refractivity contribution in [3.63, 3.8) is 0 Å². The summed E-state index contributed by atoms with van der Waals surface area (Å²) in [6.07, 6.45) is 0.300. The summed E-state index contributed by atoms with van der Waals surface area (Å²) in [7, 11) is 1.58. The van der Waals surface area contributed by atoms with Gasteiger partial charge in [0.2, 0.25) is 0 Å². The minimum absolute atomic E-state index is 0.300. The highest BCUT2D eigenvalue weighted by molar-refractivity contribution is 5.50. The number of nitrogens with zero attached hydrogens (tertiary/aromatic N) is 1. The fourth-order valence-electron chi connectivity index (χ4n) is 1.89. The van der Waals surface area contributed by atoms with Crippen LogP contribution in [0.15, 0.2) is 42.5 Å². The molecule has 0 aliphatic carbocycles. The van der Waals surface area contributed by atoms with Crippen molar-refractivity contribution in [2.45, 2.75) is 13.3 Å². The number of rotatable bonds is 4. The molecule has 0 N–H and O–H groups in total. The van der Waals surface area contributed by atoms with Crippen LogP contribution in [-0.4, -0.2) is 7.11 Å². The lowest BCUT2D eigenvalue weighted by Gasteiger charge is -2.14. The maximum atomic E-state index is 8.82. The molecule has 0 aliphatic heterocycles. The van der Waals surface area contributed by atoms with E-state index in [0.29, 0.717) is 17.9 Å². The fourth-order valence-corrected chi connectivity index (χ4v) is 1.89. The lowest BCUT2D eigenvalue weighted by atomic mass is 10.1. The highest BCUT2D eigenvalue weighted by Crippen LogP contribution is 2.35. The Kier molecular flexibility index (Phi) is 4.04. The van der Waals surface area contributed by atoms with E-state index < -0.39 is 0 Å². The summed E-state index contributed by atoms with van der Waals surface area (Å²) < 4.78 is 11.2. The van der Waals surface area contributed by atoms with Crippen molar-refractivity contribution in [2.75, 3.05) is 7.11 Å². The molecule has 0 radical (unpaired) electrons. The number of ether oxygens (including phenoxy) is 2. The van der Waals surface area contributed by atoms with Crippen LogP contribution < -0.4 is 9.47 Å². The van der Waals surface area contributed by atoms with Crippen molar-refractivity contribution in [3.05, 3.63) is 53.6 Å². The van der Waals surface area contributed by atoms with Crippen LogP contribution in [-0.2, 0) is 6.42 Å². The van der Waals surface area contributed by atoms with Gasteiger partial charge in [-0.1, -0.05) is 30.3 Å². The van der Waals surface area contributed by atoms with E-state index in [1.807, 2.05) is 49.4 Å². The highest BCUT2D eigenvalue weighted by Gasteiger charge is 2.11. The lowest BCUT2D eigenvalue weighted by Crippen LogP contribution is -1.96. The van der Waals surface area contributed by atoms with Crippen molar-refractivity contribution >= 4 is 0 Å². The molecule has 0 amide bonds. The number of methoxy groups -OCH3 is 1. The fraction of sp³-hybridized carbons (Fsp3) is 0.188. The molecular formula is C16H15NO2. The van der Waals surface area contributed by atoms with Crippen LogP contribution in [0, 0.1) is 18.3 Å². The van der Waals surface area contributed by atoms with Gasteiger partial charge in [-0.05, 0) is 24.6 Å². The number of hydrogen-bond acceptors (Lipinski definition) is 3. The zero-order valence-corrected chi connectivity index (χ0v) is 11.0. The van der Waals surface area contributed by atoms with E-state index in [1.54, 1.807) is 7.11 Å². The largest absolute Gasteiger partial charge is 0.493 e. The Morgan fingerprint density at radius 2 is 1.79 bits per heavy atom. The molecule has 0 bridgehead atoms. The van der Waals surface area contributed by atoms with Crippen molar-refractivity contribution in [1.29, 1.82) is 5.26 Å². The second-order valence-electron chi connectivity index (χ2n) is 4.15. The number of aryl methyl sites for hydroxylation is 1. The Morgan fingerprint density at radius 3 is 2.47 bits per heavy atom. The third-order valence-corrected chi connectivity index (χ3v) is 2.85. The minimum Gasteiger partial charge on any atom is -0.493 e. The van der Waals surface area contributed by atoms with Crippen LogP contribution in [0.25, 0.3) is 0 Å². The molecule has 0 aliphatic rings. The van der Waals surface area contributed by atoms with E-state index >= 15 is 0 Å². The highest BCUT2D eigenvalue weighted by atomic mass is 16.5. The van der Waals surface area contributed by atoms with E-state index in [2.05, 4.69) is 6.07 Å². The van der Waals surface area contributed by atoms with Gasteiger partial charge in [0, 0.05) is 5.56 Å². The molecule has 19 heavy (non-hydrogen) atoms. The van der Waals surface area contributed by atoms with E-state index in [9.17, 15) is 0 Å². The quantitative estimate of drug-likeness (QED) is 0.830. The first-order valence-electron chi connectivity index (χ1n) is 6.02. The Bertz CT molecular complexity index is 614. The molecule has 0 spiro atoms. The molecule has 0 fully saturated rings. The van der Waals surface area contributed by atoms with Crippen LogP contribution in [0.1, 0.15) is 11.1 Å². The summed E-state index contributed by atoms with van der Waals surface area (Å²) >= 11 is 0. The van der Waals surface area contributed by atoms with Gasteiger partial charge >= 0.3 is 0 Å². The van der Waals surface area contributed by atoms with Gasteiger partial charge in [0.1, 0.15) is 5.75 Å². The average Bonchev–Trinajstić information content (AvgIpc) is 2.42. The van der Waals surface area contributed by atoms with Crippen molar-refractivity contribution in [1.82, 2.24) is 0 Å². The Morgan fingerprint density at radius 1 is 1.05 bits per heavy atom. The molecular weight excluding hydrogens is 238 g/mol. The van der Waals surface area contributed by atoms with Crippen molar-refractivity contribution < 1.29 is 9.47 Å². The van der Waals surface area contributed by atoms with Gasteiger partial charge in [-0.15, -0.1) is 0 Å². The monoisotopic (exact) mass is 253 g/mol. The summed E-state index contributed by atoms with van der Waals surface area (Å²) in [4.78, 5) is 0. The maximum Gasteiger partial charge on any atom is 0.169 e. The molecule has 2 aromatic rings. The van der Waals surface area contributed by atoms with Gasteiger partial charge in [-0.25, -0.2) is 0 Å². The van der Waals surface area contributed by atoms with Crippen molar-refractivity contribution in [2.24, 2.45) is 0 Å². The topological polar surface area (TPSA) is 42.2 Å². The second-order valence-corrected chi connectivity index (χ2v) is 4.15. The third kappa shape index (κ3) is 2.86. The minimum atomic E-state index is 0.300. The van der Waals surface area contributed by atoms with Crippen LogP contribution in [0.3, 0.4) is 0 Å². The molecule has 2 rings (SSSR count). The first kappa shape index (κ1) is 13.0. The van der Waals surface area contributed by atoms with Gasteiger partial charge in [0.25, 0.3) is 0 Å². The molecule has 0 unspecified atom stereocenters. The predicted molar refractivity (Wildman–Crippen MR) is 73.6 cm³/mol. The molecule has 3 nitrogen and oxygen atoms in total. The Hall–Kier alpha value is -2.47. The molecule has 0 saturated carbocycles. The summed E-state index contributed by atoms with van der Waals surface area (Å²) in [6.45, 7) is 1.99. The summed E-state index contributed by atoms with van der Waals surface area (Å²) in [5.41, 5.74) is 1.88. The first-order valence-corrected chi connectivity index (χ1v) is 6.02. The van der Waals surface area contributed by atoms with Crippen molar-refractivity contribution in [3.8, 4) is 23.3 Å². The summed E-state index contributed by atoms with van der Waals surface area (Å²) in [6, 6.07) is 15.5. The normalized spacial score (nSPS) is 9.74. The zero-order valence-electron chi connectivity index (χ0n) is 11.0. The van der Waals surface area contributed by atoms with Crippen LogP contribution in [0.5, 0.6) is 17.2 Å². The Balaban J connectivity index is 2.38. The molecule has 0 heterocycles. The van der Waals surface area contributed by atoms with E-state index in [4.69, 9.17) is 14.7 Å². The standard InChI is InChI=1S/C16H15NO2/c1-12-6-3-4-8-14(12)19-15-9-5-7-13(10-11-17)16(15)18-2/h3-9H,10H2,1-2H3. The van der Waals surface area contributed by atoms with Gasteiger partial charge in [0.15, 0.2) is 11.5 Å². The van der Waals surface area contributed by atoms with E-state index in [-0.39, 0.29) is 0 Å². The molecule has 2 aromatic carbocycles. The third-order valence-electron chi connectivity index (χ3n) is 2.85. The van der Waals surface area contributed by atoms with E-state index in [0.717, 1.165) is 16.9 Å². The number of nitriles is 1. The molecule has 3 heteroatoms. The molecule has 0 aromatic heterocycles. The van der Waals surface area contributed by atoms with E-state index in [1.165, 1.54) is 0 Å². The maximum absolute atomic E-state index is 8.82. The Labute approximate surface area is 113 Å². The van der Waals surface area contributed by atoms with Crippen LogP contribution in [0.2, 0.25) is 0 Å². The van der Waals surface area contributed by atoms with Crippen LogP contribution in [0.4, 0.5) is 0 Å². The zero-order chi connectivity index (χ0) is 13.7. The SMILES string of the molecule is COc1c(CC#N)cccc1Oc1ccccc1C. The molecule has 0 atom stereocenters. The molecule has 96 valence electrons. The number of benzene rings is 2. The lowest BCUT2D eigenvalue weighted by molar-refractivity contribution is 0.375. The van der Waals surface area contributed by atoms with Crippen LogP contribution >= 0.6 is 0 Å². The first-order chi connectivity index (χ1) is 9.26. The summed E-state index contributed by atoms with van der Waals surface area (Å²) in [5, 5.41) is 8.82. The smallest absolute Gasteiger partial charge is 0.169 e. The van der Waals surface area contributed by atoms with Gasteiger partial charge in [-0.3, -0.25) is 0 Å². The summed E-state index contributed by atoms with van der Waals surface area (Å²) in [5.74, 6) is 2.03. The van der Waals surface area contributed by atoms with Gasteiger partial charge < -0.3 is 9.47 Å². The average molecular weight is 253 g/mol. The van der Waals surface area contributed by atoms with Gasteiger partial charge in [-0.2, -0.15) is 5.26 Å². The second kappa shape index (κ2) is 5.92. The number of hydrogen-bond donors (Lipinski definition) is 0. The predicted octanol–water partition coefficient (Wildman–Crippen LogP) is 3.86. The number of para-hydroxylation sites is 2.